The van der Waals surface area contributed by atoms with Gasteiger partial charge in [-0.3, -0.25) is 9.89 Å². The zero-order valence-electron chi connectivity index (χ0n) is 16.1. The summed E-state index contributed by atoms with van der Waals surface area (Å²) in [6, 6.07) is 16.3. The van der Waals surface area contributed by atoms with E-state index in [0.717, 1.165) is 18.4 Å². The highest BCUT2D eigenvalue weighted by Crippen LogP contribution is 2.19. The third-order valence-corrected chi connectivity index (χ3v) is 4.83. The molecule has 1 aromatic heterocycles. The molecule has 29 heavy (non-hydrogen) atoms. The van der Waals surface area contributed by atoms with Crippen LogP contribution in [0.3, 0.4) is 0 Å². The van der Waals surface area contributed by atoms with Crippen molar-refractivity contribution in [1.29, 1.82) is 0 Å². The number of nitrogens with one attached hydrogen (secondary N) is 2. The maximum absolute atomic E-state index is 12.2. The van der Waals surface area contributed by atoms with Crippen LogP contribution in [0.5, 0.6) is 0 Å². The number of aromatic nitrogens is 3. The van der Waals surface area contributed by atoms with Crippen LogP contribution in [-0.2, 0) is 9.53 Å². The van der Waals surface area contributed by atoms with E-state index in [4.69, 9.17) is 4.74 Å². The van der Waals surface area contributed by atoms with Crippen molar-refractivity contribution in [2.45, 2.75) is 24.9 Å². The second-order valence-corrected chi connectivity index (χ2v) is 7.18. The molecule has 0 fully saturated rings. The van der Waals surface area contributed by atoms with Crippen molar-refractivity contribution in [2.75, 3.05) is 17.7 Å². The molecule has 8 heteroatoms. The Kier molecular flexibility index (Phi) is 7.40. The highest BCUT2D eigenvalue weighted by atomic mass is 32.2. The molecule has 0 aliphatic carbocycles. The number of thioether (sulfide) groups is 1. The molecule has 0 saturated heterocycles. The third-order valence-electron chi connectivity index (χ3n) is 3.98. The van der Waals surface area contributed by atoms with Crippen LogP contribution in [0.15, 0.2) is 59.8 Å². The number of benzene rings is 2. The Morgan fingerprint density at radius 3 is 2.59 bits per heavy atom. The van der Waals surface area contributed by atoms with Gasteiger partial charge < -0.3 is 10.1 Å². The van der Waals surface area contributed by atoms with Gasteiger partial charge in [0.05, 0.1) is 17.9 Å². The van der Waals surface area contributed by atoms with Gasteiger partial charge >= 0.3 is 5.97 Å². The zero-order chi connectivity index (χ0) is 20.5. The molecule has 0 saturated carbocycles. The lowest BCUT2D eigenvalue weighted by Crippen LogP contribution is -2.14. The van der Waals surface area contributed by atoms with Crippen LogP contribution >= 0.6 is 11.8 Å². The summed E-state index contributed by atoms with van der Waals surface area (Å²) in [6.07, 6.45) is 1.81. The molecule has 0 unspecified atom stereocenters. The number of unbranched alkanes of at least 4 members (excludes halogenated alkanes) is 1. The molecular weight excluding hydrogens is 388 g/mol. The van der Waals surface area contributed by atoms with Crippen LogP contribution in [0, 0.1) is 0 Å². The quantitative estimate of drug-likeness (QED) is 0.312. The Balaban J connectivity index is 1.47. The molecule has 0 bridgehead atoms. The fourth-order valence-electron chi connectivity index (χ4n) is 2.45. The summed E-state index contributed by atoms with van der Waals surface area (Å²) in [5.74, 6) is 0.298. The molecule has 3 rings (SSSR count). The summed E-state index contributed by atoms with van der Waals surface area (Å²) in [5.41, 5.74) is 2.01. The maximum atomic E-state index is 12.2. The Bertz CT molecular complexity index is 942. The van der Waals surface area contributed by atoms with Gasteiger partial charge in [-0.25, -0.2) is 9.78 Å². The number of nitrogens with zero attached hydrogens (tertiary/aromatic N) is 2. The smallest absolute Gasteiger partial charge is 0.338 e. The normalized spacial score (nSPS) is 10.5. The Labute approximate surface area is 173 Å². The van der Waals surface area contributed by atoms with Crippen LogP contribution in [0.4, 0.5) is 5.69 Å². The summed E-state index contributed by atoms with van der Waals surface area (Å²) >= 11 is 1.24. The molecule has 0 aliphatic heterocycles. The van der Waals surface area contributed by atoms with Crippen molar-refractivity contribution in [3.05, 3.63) is 60.2 Å². The topological polar surface area (TPSA) is 97.0 Å². The van der Waals surface area contributed by atoms with Gasteiger partial charge in [-0.05, 0) is 30.7 Å². The lowest BCUT2D eigenvalue weighted by molar-refractivity contribution is -0.113. The lowest BCUT2D eigenvalue weighted by atomic mass is 10.2. The molecule has 2 aromatic carbocycles. The van der Waals surface area contributed by atoms with Gasteiger partial charge in [0, 0.05) is 11.3 Å². The first kappa shape index (κ1) is 20.6. The number of amides is 1. The fraction of sp³-hybridized carbons (Fsp3) is 0.238. The number of aromatic amines is 1. The van der Waals surface area contributed by atoms with Gasteiger partial charge in [-0.1, -0.05) is 55.4 Å². The SMILES string of the molecule is CCCCOC(=O)c1ccc(NC(=O)CSc2n[nH]c(-c3ccccc3)n2)cc1. The van der Waals surface area contributed by atoms with Gasteiger partial charge in [-0.2, -0.15) is 0 Å². The lowest BCUT2D eigenvalue weighted by Gasteiger charge is -2.06. The molecule has 0 radical (unpaired) electrons. The van der Waals surface area contributed by atoms with Crippen LogP contribution in [0.25, 0.3) is 11.4 Å². The van der Waals surface area contributed by atoms with Crippen molar-refractivity contribution >= 4 is 29.3 Å². The third kappa shape index (κ3) is 6.18. The average Bonchev–Trinajstić information content (AvgIpc) is 3.23. The van der Waals surface area contributed by atoms with Gasteiger partial charge in [0.15, 0.2) is 5.82 Å². The van der Waals surface area contributed by atoms with E-state index < -0.39 is 0 Å². The summed E-state index contributed by atoms with van der Waals surface area (Å²) in [5, 5.41) is 10.3. The molecule has 1 heterocycles. The number of carbonyl (C=O) groups excluding carboxylic acids is 2. The van der Waals surface area contributed by atoms with E-state index in [0.29, 0.717) is 28.8 Å². The van der Waals surface area contributed by atoms with Crippen molar-refractivity contribution in [2.24, 2.45) is 0 Å². The average molecular weight is 410 g/mol. The summed E-state index contributed by atoms with van der Waals surface area (Å²) in [6.45, 7) is 2.45. The predicted molar refractivity (Wildman–Crippen MR) is 113 cm³/mol. The highest BCUT2D eigenvalue weighted by Gasteiger charge is 2.10. The first-order chi connectivity index (χ1) is 14.2. The van der Waals surface area contributed by atoms with E-state index in [1.54, 1.807) is 24.3 Å². The summed E-state index contributed by atoms with van der Waals surface area (Å²) in [4.78, 5) is 28.4. The minimum Gasteiger partial charge on any atom is -0.462 e. The van der Waals surface area contributed by atoms with Crippen molar-refractivity contribution < 1.29 is 14.3 Å². The first-order valence-corrected chi connectivity index (χ1v) is 10.3. The molecule has 150 valence electrons. The minimum absolute atomic E-state index is 0.174. The van der Waals surface area contributed by atoms with E-state index in [2.05, 4.69) is 20.5 Å². The van der Waals surface area contributed by atoms with Crippen LogP contribution in [0.1, 0.15) is 30.1 Å². The molecular formula is C21H22N4O3S. The second kappa shape index (κ2) is 10.4. The number of hydrogen-bond donors (Lipinski definition) is 2. The fourth-order valence-corrected chi connectivity index (χ4v) is 3.04. The molecule has 3 aromatic rings. The zero-order valence-corrected chi connectivity index (χ0v) is 16.9. The Hall–Kier alpha value is -3.13. The Morgan fingerprint density at radius 2 is 1.86 bits per heavy atom. The molecule has 1 amide bonds. The number of rotatable bonds is 9. The Morgan fingerprint density at radius 1 is 1.10 bits per heavy atom. The standard InChI is InChI=1S/C21H22N4O3S/c1-2-3-13-28-20(27)16-9-11-17(12-10-16)22-18(26)14-29-21-23-19(24-25-21)15-7-5-4-6-8-15/h4-12H,2-3,13-14H2,1H3,(H,22,26)(H,23,24,25). The monoisotopic (exact) mass is 410 g/mol. The molecule has 0 spiro atoms. The second-order valence-electron chi connectivity index (χ2n) is 6.24. The van der Waals surface area contributed by atoms with Crippen molar-refractivity contribution in [1.82, 2.24) is 15.2 Å². The highest BCUT2D eigenvalue weighted by molar-refractivity contribution is 7.99. The van der Waals surface area contributed by atoms with Crippen molar-refractivity contribution in [3.8, 4) is 11.4 Å². The summed E-state index contributed by atoms with van der Waals surface area (Å²) < 4.78 is 5.16. The predicted octanol–water partition coefficient (Wildman–Crippen LogP) is 4.16. The molecule has 0 aliphatic rings. The number of anilines is 1. The van der Waals surface area contributed by atoms with Gasteiger partial charge in [0.2, 0.25) is 11.1 Å². The molecule has 0 atom stereocenters. The number of H-pyrrole nitrogens is 1. The minimum atomic E-state index is -0.356. The van der Waals surface area contributed by atoms with Crippen LogP contribution < -0.4 is 5.32 Å². The van der Waals surface area contributed by atoms with Crippen molar-refractivity contribution in [3.63, 3.8) is 0 Å². The van der Waals surface area contributed by atoms with Crippen LogP contribution in [0.2, 0.25) is 0 Å². The molecule has 2 N–H and O–H groups in total. The van der Waals surface area contributed by atoms with E-state index in [-0.39, 0.29) is 17.6 Å². The number of hydrogen-bond acceptors (Lipinski definition) is 6. The van der Waals surface area contributed by atoms with E-state index in [1.807, 2.05) is 37.3 Å². The van der Waals surface area contributed by atoms with Crippen LogP contribution in [-0.4, -0.2) is 39.4 Å². The number of esters is 1. The largest absolute Gasteiger partial charge is 0.462 e. The number of carbonyl (C=O) groups is 2. The van der Waals surface area contributed by atoms with Gasteiger partial charge in [0.25, 0.3) is 0 Å². The van der Waals surface area contributed by atoms with Gasteiger partial charge in [-0.15, -0.1) is 5.10 Å². The first-order valence-electron chi connectivity index (χ1n) is 9.33. The maximum Gasteiger partial charge on any atom is 0.338 e. The molecule has 7 nitrogen and oxygen atoms in total. The van der Waals surface area contributed by atoms with E-state index >= 15 is 0 Å². The van der Waals surface area contributed by atoms with E-state index in [9.17, 15) is 9.59 Å². The number of ether oxygens (including phenoxy) is 1. The summed E-state index contributed by atoms with van der Waals surface area (Å²) in [7, 11) is 0. The van der Waals surface area contributed by atoms with Gasteiger partial charge in [0.1, 0.15) is 0 Å². The van der Waals surface area contributed by atoms with E-state index in [1.165, 1.54) is 11.8 Å².